The van der Waals surface area contributed by atoms with E-state index in [4.69, 9.17) is 4.74 Å². The minimum absolute atomic E-state index is 0.0447. The van der Waals surface area contributed by atoms with Gasteiger partial charge in [0.15, 0.2) is 11.5 Å². The van der Waals surface area contributed by atoms with E-state index < -0.39 is 0 Å². The summed E-state index contributed by atoms with van der Waals surface area (Å²) >= 11 is 1.51. The van der Waals surface area contributed by atoms with Crippen LogP contribution in [0.2, 0.25) is 0 Å². The number of nitrogens with zero attached hydrogens (tertiary/aromatic N) is 2. The molecule has 1 heterocycles. The van der Waals surface area contributed by atoms with Crippen LogP contribution in [0.25, 0.3) is 6.08 Å². The van der Waals surface area contributed by atoms with E-state index in [-0.39, 0.29) is 11.7 Å². The van der Waals surface area contributed by atoms with Gasteiger partial charge in [0, 0.05) is 24.7 Å². The molecule has 110 valence electrons. The molecule has 0 saturated heterocycles. The Bertz CT molecular complexity index is 638. The fourth-order valence-corrected chi connectivity index (χ4v) is 2.39. The highest BCUT2D eigenvalue weighted by Gasteiger charge is 2.07. The molecule has 1 N–H and O–H groups in total. The Morgan fingerprint density at radius 1 is 1.52 bits per heavy atom. The summed E-state index contributed by atoms with van der Waals surface area (Å²) in [6.45, 7) is 0.481. The summed E-state index contributed by atoms with van der Waals surface area (Å²) in [7, 11) is 3.21. The molecule has 1 amide bonds. The lowest BCUT2D eigenvalue weighted by molar-refractivity contribution is -0.125. The molecule has 1 aromatic heterocycles. The SMILES string of the molecule is COc1ccc(/C=C/C(=O)N(C)Cc2nccs2)cc1O. The van der Waals surface area contributed by atoms with Gasteiger partial charge in [0.2, 0.25) is 5.91 Å². The molecule has 0 fully saturated rings. The van der Waals surface area contributed by atoms with Gasteiger partial charge in [-0.2, -0.15) is 0 Å². The Morgan fingerprint density at radius 2 is 2.33 bits per heavy atom. The molecule has 0 atom stereocenters. The van der Waals surface area contributed by atoms with Crippen LogP contribution in [0.3, 0.4) is 0 Å². The number of amides is 1. The Labute approximate surface area is 127 Å². The van der Waals surface area contributed by atoms with Crippen LogP contribution >= 0.6 is 11.3 Å². The predicted molar refractivity (Wildman–Crippen MR) is 82.3 cm³/mol. The fraction of sp³-hybridized carbons (Fsp3) is 0.200. The molecule has 0 spiro atoms. The second-order valence-electron chi connectivity index (χ2n) is 4.38. The first kappa shape index (κ1) is 15.1. The van der Waals surface area contributed by atoms with E-state index in [1.165, 1.54) is 24.5 Å². The third-order valence-electron chi connectivity index (χ3n) is 2.85. The molecule has 0 unspecified atom stereocenters. The molecule has 0 aliphatic heterocycles. The van der Waals surface area contributed by atoms with Gasteiger partial charge in [0.1, 0.15) is 5.01 Å². The minimum Gasteiger partial charge on any atom is -0.504 e. The summed E-state index contributed by atoms with van der Waals surface area (Å²) in [5.74, 6) is 0.322. The average Bonchev–Trinajstić information content (AvgIpc) is 2.97. The number of likely N-dealkylation sites (N-methyl/N-ethyl adjacent to an activating group) is 1. The Kier molecular flexibility index (Phi) is 4.94. The number of aromatic hydroxyl groups is 1. The zero-order valence-corrected chi connectivity index (χ0v) is 12.6. The number of hydrogen-bond donors (Lipinski definition) is 1. The summed E-state index contributed by atoms with van der Waals surface area (Å²) in [6, 6.07) is 4.96. The number of thiazole rings is 1. The van der Waals surface area contributed by atoms with E-state index in [1.807, 2.05) is 5.38 Å². The average molecular weight is 304 g/mol. The predicted octanol–water partition coefficient (Wildman–Crippen LogP) is 2.53. The molecule has 0 radical (unpaired) electrons. The smallest absolute Gasteiger partial charge is 0.246 e. The van der Waals surface area contributed by atoms with Crippen LogP contribution in [0.5, 0.6) is 11.5 Å². The van der Waals surface area contributed by atoms with E-state index in [1.54, 1.807) is 42.4 Å². The lowest BCUT2D eigenvalue weighted by Gasteiger charge is -2.12. The van der Waals surface area contributed by atoms with Gasteiger partial charge >= 0.3 is 0 Å². The first-order valence-corrected chi connectivity index (χ1v) is 7.16. The third-order valence-corrected chi connectivity index (χ3v) is 3.62. The zero-order valence-electron chi connectivity index (χ0n) is 11.8. The van der Waals surface area contributed by atoms with Gasteiger partial charge in [-0.25, -0.2) is 4.98 Å². The molecule has 5 nitrogen and oxygen atoms in total. The van der Waals surface area contributed by atoms with Crippen molar-refractivity contribution in [1.29, 1.82) is 0 Å². The number of phenolic OH excluding ortho intramolecular Hbond substituents is 1. The van der Waals surface area contributed by atoms with Crippen molar-refractivity contribution in [3.63, 3.8) is 0 Å². The number of benzene rings is 1. The summed E-state index contributed by atoms with van der Waals surface area (Å²) in [4.78, 5) is 17.7. The molecule has 0 aliphatic carbocycles. The molecular formula is C15H16N2O3S. The van der Waals surface area contributed by atoms with Gasteiger partial charge in [-0.3, -0.25) is 4.79 Å². The van der Waals surface area contributed by atoms with Crippen molar-refractivity contribution in [2.75, 3.05) is 14.2 Å². The highest BCUT2D eigenvalue weighted by atomic mass is 32.1. The summed E-state index contributed by atoms with van der Waals surface area (Å²) in [5.41, 5.74) is 0.726. The summed E-state index contributed by atoms with van der Waals surface area (Å²) in [5, 5.41) is 12.4. The van der Waals surface area contributed by atoms with Crippen molar-refractivity contribution in [2.45, 2.75) is 6.54 Å². The van der Waals surface area contributed by atoms with E-state index in [0.29, 0.717) is 12.3 Å². The molecule has 2 aromatic rings. The second-order valence-corrected chi connectivity index (χ2v) is 5.36. The number of methoxy groups -OCH3 is 1. The quantitative estimate of drug-likeness (QED) is 0.862. The monoisotopic (exact) mass is 304 g/mol. The van der Waals surface area contributed by atoms with Crippen LogP contribution in [0, 0.1) is 0 Å². The zero-order chi connectivity index (χ0) is 15.2. The molecule has 0 aliphatic rings. The van der Waals surface area contributed by atoms with E-state index in [2.05, 4.69) is 4.98 Å². The number of carbonyl (C=O) groups excluding carboxylic acids is 1. The molecule has 6 heteroatoms. The van der Waals surface area contributed by atoms with Gasteiger partial charge < -0.3 is 14.7 Å². The first-order chi connectivity index (χ1) is 10.1. The van der Waals surface area contributed by atoms with Crippen molar-refractivity contribution in [3.8, 4) is 11.5 Å². The number of rotatable bonds is 5. The molecule has 2 rings (SSSR count). The maximum absolute atomic E-state index is 12.0. The van der Waals surface area contributed by atoms with Crippen LogP contribution in [0.1, 0.15) is 10.6 Å². The van der Waals surface area contributed by atoms with Gasteiger partial charge in [-0.15, -0.1) is 11.3 Å². The molecule has 0 bridgehead atoms. The second kappa shape index (κ2) is 6.90. The Morgan fingerprint density at radius 3 is 2.95 bits per heavy atom. The van der Waals surface area contributed by atoms with Gasteiger partial charge in [-0.05, 0) is 23.8 Å². The molecule has 0 saturated carbocycles. The molecular weight excluding hydrogens is 288 g/mol. The van der Waals surface area contributed by atoms with Gasteiger partial charge in [-0.1, -0.05) is 6.07 Å². The van der Waals surface area contributed by atoms with Crippen molar-refractivity contribution in [3.05, 3.63) is 46.4 Å². The number of ether oxygens (including phenoxy) is 1. The lowest BCUT2D eigenvalue weighted by atomic mass is 10.2. The van der Waals surface area contributed by atoms with Crippen molar-refractivity contribution in [2.24, 2.45) is 0 Å². The summed E-state index contributed by atoms with van der Waals surface area (Å²) < 4.78 is 4.97. The normalized spacial score (nSPS) is 10.8. The van der Waals surface area contributed by atoms with Crippen LogP contribution in [0.15, 0.2) is 35.9 Å². The lowest BCUT2D eigenvalue weighted by Crippen LogP contribution is -2.23. The van der Waals surface area contributed by atoms with E-state index in [0.717, 1.165) is 10.6 Å². The first-order valence-electron chi connectivity index (χ1n) is 6.28. The largest absolute Gasteiger partial charge is 0.504 e. The highest BCUT2D eigenvalue weighted by Crippen LogP contribution is 2.26. The number of aromatic nitrogens is 1. The van der Waals surface area contributed by atoms with Crippen molar-refractivity contribution < 1.29 is 14.6 Å². The van der Waals surface area contributed by atoms with Crippen LogP contribution in [0.4, 0.5) is 0 Å². The van der Waals surface area contributed by atoms with Gasteiger partial charge in [0.25, 0.3) is 0 Å². The number of carbonyl (C=O) groups is 1. The van der Waals surface area contributed by atoms with E-state index in [9.17, 15) is 9.90 Å². The Balaban J connectivity index is 1.99. The molecule has 21 heavy (non-hydrogen) atoms. The minimum atomic E-state index is -0.125. The standard InChI is InChI=1S/C15H16N2O3S/c1-17(10-14-16-7-8-21-14)15(19)6-4-11-3-5-13(20-2)12(18)9-11/h3-9,18H,10H2,1-2H3/b6-4+. The topological polar surface area (TPSA) is 62.7 Å². The summed E-state index contributed by atoms with van der Waals surface area (Å²) in [6.07, 6.45) is 4.84. The maximum Gasteiger partial charge on any atom is 0.246 e. The fourth-order valence-electron chi connectivity index (χ4n) is 1.72. The van der Waals surface area contributed by atoms with Crippen LogP contribution in [-0.2, 0) is 11.3 Å². The highest BCUT2D eigenvalue weighted by molar-refractivity contribution is 7.09. The van der Waals surface area contributed by atoms with Gasteiger partial charge in [0.05, 0.1) is 13.7 Å². The number of hydrogen-bond acceptors (Lipinski definition) is 5. The third kappa shape index (κ3) is 4.06. The van der Waals surface area contributed by atoms with Crippen molar-refractivity contribution in [1.82, 2.24) is 9.88 Å². The number of phenols is 1. The Hall–Kier alpha value is -2.34. The van der Waals surface area contributed by atoms with Crippen LogP contribution < -0.4 is 4.74 Å². The molecule has 1 aromatic carbocycles. The van der Waals surface area contributed by atoms with Crippen LogP contribution in [-0.4, -0.2) is 35.1 Å². The maximum atomic E-state index is 12.0. The van der Waals surface area contributed by atoms with E-state index >= 15 is 0 Å². The van der Waals surface area contributed by atoms with Crippen molar-refractivity contribution >= 4 is 23.3 Å².